The van der Waals surface area contributed by atoms with Crippen molar-refractivity contribution in [2.24, 2.45) is 11.8 Å². The molecule has 0 bridgehead atoms. The van der Waals surface area contributed by atoms with Gasteiger partial charge >= 0.3 is 5.97 Å². The maximum Gasteiger partial charge on any atom is 0.333 e. The molecular formula is C15H26O3. The van der Waals surface area contributed by atoms with Gasteiger partial charge in [0.25, 0.3) is 0 Å². The molecule has 1 saturated carbocycles. The Bertz CT molecular complexity index is 296. The van der Waals surface area contributed by atoms with E-state index in [0.29, 0.717) is 24.7 Å². The second kappa shape index (κ2) is 7.57. The number of carbonyl (C=O) groups is 1. The summed E-state index contributed by atoms with van der Waals surface area (Å²) in [6.45, 7) is 7.08. The first kappa shape index (κ1) is 15.2. The molecule has 1 rings (SSSR count). The van der Waals surface area contributed by atoms with E-state index in [4.69, 9.17) is 9.47 Å². The lowest BCUT2D eigenvalue weighted by molar-refractivity contribution is -0.136. The molecule has 0 aromatic carbocycles. The minimum Gasteiger partial charge on any atom is -0.466 e. The van der Waals surface area contributed by atoms with Crippen molar-refractivity contribution in [1.82, 2.24) is 0 Å². The highest BCUT2D eigenvalue weighted by atomic mass is 16.5. The maximum absolute atomic E-state index is 11.4. The fourth-order valence-electron chi connectivity index (χ4n) is 2.44. The van der Waals surface area contributed by atoms with Crippen LogP contribution in [-0.2, 0) is 14.3 Å². The van der Waals surface area contributed by atoms with Crippen LogP contribution in [0.2, 0.25) is 0 Å². The molecule has 18 heavy (non-hydrogen) atoms. The molecule has 0 saturated heterocycles. The Kier molecular flexibility index (Phi) is 6.41. The molecule has 1 fully saturated rings. The van der Waals surface area contributed by atoms with Gasteiger partial charge in [0.2, 0.25) is 0 Å². The Morgan fingerprint density at radius 1 is 1.28 bits per heavy atom. The van der Waals surface area contributed by atoms with Crippen LogP contribution in [0.5, 0.6) is 0 Å². The van der Waals surface area contributed by atoms with Crippen molar-refractivity contribution in [2.45, 2.75) is 52.6 Å². The van der Waals surface area contributed by atoms with Gasteiger partial charge < -0.3 is 9.47 Å². The number of esters is 1. The number of rotatable bonds is 5. The molecule has 0 radical (unpaired) electrons. The number of ether oxygens (including phenoxy) is 2. The smallest absolute Gasteiger partial charge is 0.333 e. The van der Waals surface area contributed by atoms with Crippen LogP contribution in [0.15, 0.2) is 11.6 Å². The molecule has 0 heterocycles. The van der Waals surface area contributed by atoms with Crippen molar-refractivity contribution in [1.29, 1.82) is 0 Å². The van der Waals surface area contributed by atoms with E-state index in [1.807, 2.05) is 13.0 Å². The highest BCUT2D eigenvalue weighted by molar-refractivity contribution is 5.88. The zero-order chi connectivity index (χ0) is 13.5. The van der Waals surface area contributed by atoms with Crippen molar-refractivity contribution in [3.8, 4) is 0 Å². The summed E-state index contributed by atoms with van der Waals surface area (Å²) < 4.78 is 10.6. The van der Waals surface area contributed by atoms with Gasteiger partial charge in [-0.05, 0) is 43.6 Å². The van der Waals surface area contributed by atoms with Gasteiger partial charge in [0.05, 0.1) is 19.8 Å². The van der Waals surface area contributed by atoms with Crippen molar-refractivity contribution >= 4 is 5.97 Å². The molecule has 3 atom stereocenters. The summed E-state index contributed by atoms with van der Waals surface area (Å²) in [6, 6.07) is 0. The predicted octanol–water partition coefficient (Wildman–Crippen LogP) is 3.34. The van der Waals surface area contributed by atoms with E-state index in [2.05, 4.69) is 13.8 Å². The first-order valence-electron chi connectivity index (χ1n) is 6.97. The molecule has 3 heteroatoms. The zero-order valence-corrected chi connectivity index (χ0v) is 12.1. The lowest BCUT2D eigenvalue weighted by Gasteiger charge is -2.31. The molecule has 0 spiro atoms. The van der Waals surface area contributed by atoms with Gasteiger partial charge in [-0.3, -0.25) is 0 Å². The molecule has 0 aliphatic heterocycles. The third-order valence-corrected chi connectivity index (χ3v) is 4.04. The quantitative estimate of drug-likeness (QED) is 0.557. The molecule has 0 N–H and O–H groups in total. The Morgan fingerprint density at radius 3 is 2.56 bits per heavy atom. The normalized spacial score (nSPS) is 29.1. The van der Waals surface area contributed by atoms with Gasteiger partial charge in [-0.25, -0.2) is 4.79 Å². The van der Waals surface area contributed by atoms with Crippen LogP contribution in [0.3, 0.4) is 0 Å². The van der Waals surface area contributed by atoms with E-state index in [1.54, 1.807) is 0 Å². The molecule has 1 aliphatic rings. The van der Waals surface area contributed by atoms with Crippen molar-refractivity contribution in [2.75, 3.05) is 13.7 Å². The second-order valence-electron chi connectivity index (χ2n) is 5.30. The molecule has 104 valence electrons. The Labute approximate surface area is 111 Å². The van der Waals surface area contributed by atoms with Gasteiger partial charge in [-0.2, -0.15) is 0 Å². The summed E-state index contributed by atoms with van der Waals surface area (Å²) in [6.07, 6.45) is 6.41. The third kappa shape index (κ3) is 4.45. The fraction of sp³-hybridized carbons (Fsp3) is 0.800. The summed E-state index contributed by atoms with van der Waals surface area (Å²) in [5.41, 5.74) is 0.703. The number of hydrogen-bond donors (Lipinski definition) is 0. The molecule has 3 nitrogen and oxygen atoms in total. The van der Waals surface area contributed by atoms with Gasteiger partial charge in [0.1, 0.15) is 0 Å². The Hall–Kier alpha value is -0.830. The average molecular weight is 254 g/mol. The Balaban J connectivity index is 2.36. The van der Waals surface area contributed by atoms with E-state index < -0.39 is 0 Å². The molecule has 1 aliphatic carbocycles. The third-order valence-electron chi connectivity index (χ3n) is 4.04. The largest absolute Gasteiger partial charge is 0.466 e. The van der Waals surface area contributed by atoms with Gasteiger partial charge in [-0.15, -0.1) is 0 Å². The van der Waals surface area contributed by atoms with Crippen molar-refractivity contribution in [3.63, 3.8) is 0 Å². The Morgan fingerprint density at radius 2 is 2.00 bits per heavy atom. The first-order chi connectivity index (χ1) is 8.58. The number of carbonyl (C=O) groups excluding carboxylic acids is 1. The van der Waals surface area contributed by atoms with Crippen LogP contribution < -0.4 is 0 Å². The molecule has 0 amide bonds. The van der Waals surface area contributed by atoms with Crippen LogP contribution in [0.4, 0.5) is 0 Å². The number of hydrogen-bond acceptors (Lipinski definition) is 3. The molecule has 3 unspecified atom stereocenters. The minimum absolute atomic E-state index is 0.244. The summed E-state index contributed by atoms with van der Waals surface area (Å²) in [4.78, 5) is 11.4. The second-order valence-corrected chi connectivity index (χ2v) is 5.30. The zero-order valence-electron chi connectivity index (χ0n) is 12.1. The van der Waals surface area contributed by atoms with Gasteiger partial charge in [0, 0.05) is 5.57 Å². The van der Waals surface area contributed by atoms with E-state index in [1.165, 1.54) is 13.5 Å². The van der Waals surface area contributed by atoms with Crippen molar-refractivity contribution in [3.05, 3.63) is 11.6 Å². The summed E-state index contributed by atoms with van der Waals surface area (Å²) in [5.74, 6) is 1.30. The monoisotopic (exact) mass is 254 g/mol. The van der Waals surface area contributed by atoms with Gasteiger partial charge in [0.15, 0.2) is 0 Å². The summed E-state index contributed by atoms with van der Waals surface area (Å²) in [5, 5.41) is 0. The first-order valence-corrected chi connectivity index (χ1v) is 6.97. The van der Waals surface area contributed by atoms with E-state index in [9.17, 15) is 4.79 Å². The minimum atomic E-state index is -0.244. The molecular weight excluding hydrogens is 228 g/mol. The highest BCUT2D eigenvalue weighted by Crippen LogP contribution is 2.30. The van der Waals surface area contributed by atoms with Crippen molar-refractivity contribution < 1.29 is 14.3 Å². The lowest BCUT2D eigenvalue weighted by atomic mass is 9.80. The SMILES string of the molecule is CCC(=CCOC1CCC(C)C(C)C1)C(=O)OC. The van der Waals surface area contributed by atoms with Crippen LogP contribution >= 0.6 is 0 Å². The van der Waals surface area contributed by atoms with E-state index >= 15 is 0 Å². The van der Waals surface area contributed by atoms with Crippen LogP contribution in [0.25, 0.3) is 0 Å². The average Bonchev–Trinajstić information content (AvgIpc) is 2.38. The predicted molar refractivity (Wildman–Crippen MR) is 72.3 cm³/mol. The summed E-state index contributed by atoms with van der Waals surface area (Å²) >= 11 is 0. The van der Waals surface area contributed by atoms with Crippen LogP contribution in [0.1, 0.15) is 46.5 Å². The van der Waals surface area contributed by atoms with Gasteiger partial charge in [-0.1, -0.05) is 20.8 Å². The molecule has 0 aromatic rings. The van der Waals surface area contributed by atoms with E-state index in [0.717, 1.165) is 24.7 Å². The number of methoxy groups -OCH3 is 1. The fourth-order valence-corrected chi connectivity index (χ4v) is 2.44. The lowest BCUT2D eigenvalue weighted by Crippen LogP contribution is -2.26. The highest BCUT2D eigenvalue weighted by Gasteiger charge is 2.24. The molecule has 0 aromatic heterocycles. The summed E-state index contributed by atoms with van der Waals surface area (Å²) in [7, 11) is 1.41. The van der Waals surface area contributed by atoms with E-state index in [-0.39, 0.29) is 5.97 Å². The standard InChI is InChI=1S/C15H26O3/c1-5-13(15(16)17-4)8-9-18-14-7-6-11(2)12(3)10-14/h8,11-12,14H,5-7,9-10H2,1-4H3. The van der Waals surface area contributed by atoms with Crippen LogP contribution in [0, 0.1) is 11.8 Å². The maximum atomic E-state index is 11.4. The van der Waals surface area contributed by atoms with Crippen LogP contribution in [-0.4, -0.2) is 25.8 Å². The topological polar surface area (TPSA) is 35.5 Å².